The second kappa shape index (κ2) is 5.16. The third-order valence-corrected chi connectivity index (χ3v) is 6.49. The molecule has 1 heteroatoms. The average molecular weight is 190 g/mol. The van der Waals surface area contributed by atoms with Gasteiger partial charge < -0.3 is 0 Å². The maximum atomic E-state index is 2.49. The molecule has 0 radical (unpaired) electrons. The quantitative estimate of drug-likeness (QED) is 0.617. The number of hydrogen-bond donors (Lipinski definition) is 0. The summed E-state index contributed by atoms with van der Waals surface area (Å²) in [4.78, 5) is 0. The lowest BCUT2D eigenvalue weighted by atomic mass is 10.3. The molecular formula is C11H26S. The van der Waals surface area contributed by atoms with Crippen molar-refractivity contribution in [3.05, 3.63) is 0 Å². The van der Waals surface area contributed by atoms with Gasteiger partial charge in [0, 0.05) is 0 Å². The Kier molecular flexibility index (Phi) is 5.31. The summed E-state index contributed by atoms with van der Waals surface area (Å²) >= 11 is 0. The van der Waals surface area contributed by atoms with E-state index in [2.05, 4.69) is 40.2 Å². The van der Waals surface area contributed by atoms with Crippen LogP contribution in [-0.2, 0) is 0 Å². The van der Waals surface area contributed by atoms with Crippen molar-refractivity contribution in [2.24, 2.45) is 5.92 Å². The predicted octanol–water partition coefficient (Wildman–Crippen LogP) is 3.90. The molecule has 0 rings (SSSR count). The zero-order chi connectivity index (χ0) is 9.78. The first-order valence-corrected chi connectivity index (χ1v) is 7.78. The monoisotopic (exact) mass is 190 g/mol. The summed E-state index contributed by atoms with van der Waals surface area (Å²) in [6.45, 7) is 9.41. The standard InChI is InChI=1S/C11H26S/c1-7-8-11(4)12(5,6)9-10(2)3/h10-11H,7-9H2,1-6H3. The highest BCUT2D eigenvalue weighted by molar-refractivity contribution is 8.33. The Bertz CT molecular complexity index is 116. The van der Waals surface area contributed by atoms with E-state index in [0.29, 0.717) is 0 Å². The van der Waals surface area contributed by atoms with Crippen LogP contribution >= 0.6 is 10.0 Å². The molecule has 0 fully saturated rings. The zero-order valence-electron chi connectivity index (χ0n) is 9.68. The largest absolute Gasteiger partial charge is 0.244 e. The van der Waals surface area contributed by atoms with Crippen LogP contribution in [0.5, 0.6) is 0 Å². The number of hydrogen-bond acceptors (Lipinski definition) is 0. The first-order chi connectivity index (χ1) is 5.40. The van der Waals surface area contributed by atoms with Crippen LogP contribution in [0.2, 0.25) is 0 Å². The second-order valence-corrected chi connectivity index (χ2v) is 9.17. The fourth-order valence-electron chi connectivity index (χ4n) is 1.75. The van der Waals surface area contributed by atoms with Crippen molar-refractivity contribution >= 4 is 10.0 Å². The molecule has 12 heavy (non-hydrogen) atoms. The molecule has 0 aromatic heterocycles. The summed E-state index contributed by atoms with van der Waals surface area (Å²) in [6, 6.07) is 0. The molecule has 0 nitrogen and oxygen atoms in total. The van der Waals surface area contributed by atoms with E-state index in [4.69, 9.17) is 0 Å². The van der Waals surface area contributed by atoms with Crippen LogP contribution in [0, 0.1) is 5.92 Å². The van der Waals surface area contributed by atoms with E-state index >= 15 is 0 Å². The van der Waals surface area contributed by atoms with Gasteiger partial charge in [-0.25, -0.2) is 10.0 Å². The van der Waals surface area contributed by atoms with Gasteiger partial charge in [0.1, 0.15) is 0 Å². The van der Waals surface area contributed by atoms with Crippen LogP contribution in [0.3, 0.4) is 0 Å². The van der Waals surface area contributed by atoms with E-state index in [-0.39, 0.29) is 10.0 Å². The molecular weight excluding hydrogens is 164 g/mol. The first-order valence-electron chi connectivity index (χ1n) is 5.10. The molecule has 0 aliphatic rings. The average Bonchev–Trinajstić information content (AvgIpc) is 1.85. The van der Waals surface area contributed by atoms with Crippen molar-refractivity contribution in [1.82, 2.24) is 0 Å². The lowest BCUT2D eigenvalue weighted by Crippen LogP contribution is -2.18. The van der Waals surface area contributed by atoms with Gasteiger partial charge >= 0.3 is 0 Å². The SMILES string of the molecule is CCCC(C)S(C)(C)CC(C)C. The van der Waals surface area contributed by atoms with E-state index in [0.717, 1.165) is 11.2 Å². The molecule has 76 valence electrons. The molecule has 0 aromatic rings. The Balaban J connectivity index is 3.99. The van der Waals surface area contributed by atoms with Crippen LogP contribution in [-0.4, -0.2) is 23.5 Å². The molecule has 0 bridgehead atoms. The minimum Gasteiger partial charge on any atom is -0.244 e. The highest BCUT2D eigenvalue weighted by atomic mass is 32.3. The van der Waals surface area contributed by atoms with Gasteiger partial charge in [-0.2, -0.15) is 0 Å². The second-order valence-electron chi connectivity index (χ2n) is 4.78. The molecule has 0 aliphatic carbocycles. The van der Waals surface area contributed by atoms with Crippen LogP contribution in [0.25, 0.3) is 0 Å². The van der Waals surface area contributed by atoms with Crippen molar-refractivity contribution in [2.45, 2.75) is 45.8 Å². The summed E-state index contributed by atoms with van der Waals surface area (Å²) in [6.07, 6.45) is 7.74. The molecule has 1 unspecified atom stereocenters. The molecule has 0 aromatic carbocycles. The molecule has 1 atom stereocenters. The van der Waals surface area contributed by atoms with E-state index in [1.165, 1.54) is 18.6 Å². The van der Waals surface area contributed by atoms with Crippen molar-refractivity contribution in [2.75, 3.05) is 18.3 Å². The highest BCUT2D eigenvalue weighted by Crippen LogP contribution is 2.48. The van der Waals surface area contributed by atoms with Crippen LogP contribution in [0.15, 0.2) is 0 Å². The maximum absolute atomic E-state index is 2.49. The normalized spacial score (nSPS) is 16.6. The smallest absolute Gasteiger partial charge is 0.0145 e. The predicted molar refractivity (Wildman–Crippen MR) is 63.5 cm³/mol. The van der Waals surface area contributed by atoms with Gasteiger partial charge in [0.2, 0.25) is 0 Å². The van der Waals surface area contributed by atoms with Crippen LogP contribution in [0.1, 0.15) is 40.5 Å². The Hall–Kier alpha value is 0.350. The Morgan fingerprint density at radius 3 is 1.92 bits per heavy atom. The highest BCUT2D eigenvalue weighted by Gasteiger charge is 2.20. The third kappa shape index (κ3) is 4.39. The number of rotatable bonds is 5. The fourth-order valence-corrected chi connectivity index (χ4v) is 4.67. The minimum atomic E-state index is -0.322. The van der Waals surface area contributed by atoms with Crippen LogP contribution < -0.4 is 0 Å². The summed E-state index contributed by atoms with van der Waals surface area (Å²) < 4.78 is 0. The molecule has 0 aliphatic heterocycles. The summed E-state index contributed by atoms with van der Waals surface area (Å²) in [7, 11) is -0.322. The van der Waals surface area contributed by atoms with Crippen molar-refractivity contribution in [1.29, 1.82) is 0 Å². The van der Waals surface area contributed by atoms with E-state index in [1.54, 1.807) is 0 Å². The van der Waals surface area contributed by atoms with Crippen molar-refractivity contribution < 1.29 is 0 Å². The van der Waals surface area contributed by atoms with Gasteiger partial charge in [0.05, 0.1) is 0 Å². The van der Waals surface area contributed by atoms with Gasteiger partial charge in [-0.3, -0.25) is 0 Å². The minimum absolute atomic E-state index is 0.322. The molecule has 0 saturated heterocycles. The molecule has 0 amide bonds. The lowest BCUT2D eigenvalue weighted by Gasteiger charge is -2.39. The fraction of sp³-hybridized carbons (Fsp3) is 1.00. The maximum Gasteiger partial charge on any atom is -0.0145 e. The Morgan fingerprint density at radius 2 is 1.58 bits per heavy atom. The van der Waals surface area contributed by atoms with Gasteiger partial charge in [-0.05, 0) is 35.9 Å². The van der Waals surface area contributed by atoms with E-state index < -0.39 is 0 Å². The summed E-state index contributed by atoms with van der Waals surface area (Å²) in [5.74, 6) is 2.31. The van der Waals surface area contributed by atoms with Crippen molar-refractivity contribution in [3.8, 4) is 0 Å². The summed E-state index contributed by atoms with van der Waals surface area (Å²) in [5, 5.41) is 0.949. The third-order valence-electron chi connectivity index (χ3n) is 2.55. The van der Waals surface area contributed by atoms with Gasteiger partial charge in [-0.15, -0.1) is 0 Å². The van der Waals surface area contributed by atoms with E-state index in [1.807, 2.05) is 0 Å². The van der Waals surface area contributed by atoms with Gasteiger partial charge in [0.15, 0.2) is 0 Å². The van der Waals surface area contributed by atoms with Crippen LogP contribution in [0.4, 0.5) is 0 Å². The Labute approximate surface area is 80.4 Å². The lowest BCUT2D eigenvalue weighted by molar-refractivity contribution is 0.728. The zero-order valence-corrected chi connectivity index (χ0v) is 10.5. The van der Waals surface area contributed by atoms with E-state index in [9.17, 15) is 0 Å². The van der Waals surface area contributed by atoms with Gasteiger partial charge in [-0.1, -0.05) is 34.1 Å². The first kappa shape index (κ1) is 12.3. The molecule has 0 heterocycles. The van der Waals surface area contributed by atoms with Gasteiger partial charge in [0.25, 0.3) is 0 Å². The van der Waals surface area contributed by atoms with Crippen molar-refractivity contribution in [3.63, 3.8) is 0 Å². The molecule has 0 N–H and O–H groups in total. The molecule has 0 spiro atoms. The Morgan fingerprint density at radius 1 is 1.08 bits per heavy atom. The summed E-state index contributed by atoms with van der Waals surface area (Å²) in [5.41, 5.74) is 0. The topological polar surface area (TPSA) is 0 Å². The molecule has 0 saturated carbocycles.